The molecular formula is C18H21NO2. The first-order chi connectivity index (χ1) is 10.1. The van der Waals surface area contributed by atoms with Crippen molar-refractivity contribution in [2.24, 2.45) is 0 Å². The Balaban J connectivity index is 2.06. The predicted molar refractivity (Wildman–Crippen MR) is 86.1 cm³/mol. The topological polar surface area (TPSA) is 38.3 Å². The molecule has 3 nitrogen and oxygen atoms in total. The van der Waals surface area contributed by atoms with E-state index in [0.29, 0.717) is 12.2 Å². The maximum absolute atomic E-state index is 12.2. The van der Waals surface area contributed by atoms with Gasteiger partial charge in [0.15, 0.2) is 0 Å². The van der Waals surface area contributed by atoms with Crippen molar-refractivity contribution in [3.63, 3.8) is 0 Å². The summed E-state index contributed by atoms with van der Waals surface area (Å²) in [5, 5.41) is 2.94. The molecule has 0 atom stereocenters. The molecule has 0 fully saturated rings. The SMILES string of the molecule is CCCOc1ccc(C(=O)Nc2ccc(C)cc2C)cc1. The van der Waals surface area contributed by atoms with E-state index in [0.717, 1.165) is 23.4 Å². The van der Waals surface area contributed by atoms with Gasteiger partial charge >= 0.3 is 0 Å². The summed E-state index contributed by atoms with van der Waals surface area (Å²) in [6.45, 7) is 6.78. The molecule has 0 saturated heterocycles. The number of ether oxygens (including phenoxy) is 1. The van der Waals surface area contributed by atoms with Gasteiger partial charge in [-0.25, -0.2) is 0 Å². The van der Waals surface area contributed by atoms with Gasteiger partial charge in [-0.2, -0.15) is 0 Å². The van der Waals surface area contributed by atoms with Crippen molar-refractivity contribution in [2.45, 2.75) is 27.2 Å². The Hall–Kier alpha value is -2.29. The normalized spacial score (nSPS) is 10.2. The van der Waals surface area contributed by atoms with Gasteiger partial charge in [-0.3, -0.25) is 4.79 Å². The zero-order chi connectivity index (χ0) is 15.2. The van der Waals surface area contributed by atoms with E-state index in [1.165, 1.54) is 5.56 Å². The summed E-state index contributed by atoms with van der Waals surface area (Å²) in [4.78, 5) is 12.2. The lowest BCUT2D eigenvalue weighted by molar-refractivity contribution is 0.102. The first-order valence-corrected chi connectivity index (χ1v) is 7.21. The second-order valence-electron chi connectivity index (χ2n) is 5.15. The maximum Gasteiger partial charge on any atom is 0.255 e. The molecule has 110 valence electrons. The van der Waals surface area contributed by atoms with Gasteiger partial charge in [-0.05, 0) is 56.2 Å². The zero-order valence-electron chi connectivity index (χ0n) is 12.8. The van der Waals surface area contributed by atoms with Crippen molar-refractivity contribution in [3.8, 4) is 5.75 Å². The standard InChI is InChI=1S/C18H21NO2/c1-4-11-21-16-8-6-15(7-9-16)18(20)19-17-10-5-13(2)12-14(17)3/h5-10,12H,4,11H2,1-3H3,(H,19,20). The third-order valence-electron chi connectivity index (χ3n) is 3.22. The smallest absolute Gasteiger partial charge is 0.255 e. The number of carbonyl (C=O) groups excluding carboxylic acids is 1. The van der Waals surface area contributed by atoms with Crippen LogP contribution in [0.2, 0.25) is 0 Å². The van der Waals surface area contributed by atoms with E-state index in [1.807, 2.05) is 38.1 Å². The van der Waals surface area contributed by atoms with E-state index in [4.69, 9.17) is 4.74 Å². The van der Waals surface area contributed by atoms with E-state index >= 15 is 0 Å². The van der Waals surface area contributed by atoms with Gasteiger partial charge < -0.3 is 10.1 Å². The fraction of sp³-hybridized carbons (Fsp3) is 0.278. The van der Waals surface area contributed by atoms with Crippen LogP contribution in [0.15, 0.2) is 42.5 Å². The zero-order valence-corrected chi connectivity index (χ0v) is 12.8. The van der Waals surface area contributed by atoms with Crippen LogP contribution in [0.1, 0.15) is 34.8 Å². The summed E-state index contributed by atoms with van der Waals surface area (Å²) in [5.74, 6) is 0.684. The molecule has 21 heavy (non-hydrogen) atoms. The molecule has 0 aliphatic rings. The van der Waals surface area contributed by atoms with Crippen LogP contribution < -0.4 is 10.1 Å². The lowest BCUT2D eigenvalue weighted by Crippen LogP contribution is -2.12. The van der Waals surface area contributed by atoms with Crippen LogP contribution >= 0.6 is 0 Å². The molecule has 0 aliphatic carbocycles. The summed E-state index contributed by atoms with van der Waals surface area (Å²) in [5.41, 5.74) is 3.71. The van der Waals surface area contributed by atoms with Crippen LogP contribution in [0, 0.1) is 13.8 Å². The Bertz CT molecular complexity index is 618. The van der Waals surface area contributed by atoms with Crippen molar-refractivity contribution < 1.29 is 9.53 Å². The Morgan fingerprint density at radius 3 is 2.43 bits per heavy atom. The number of hydrogen-bond donors (Lipinski definition) is 1. The highest BCUT2D eigenvalue weighted by atomic mass is 16.5. The Morgan fingerprint density at radius 1 is 1.10 bits per heavy atom. The highest BCUT2D eigenvalue weighted by molar-refractivity contribution is 6.04. The van der Waals surface area contributed by atoms with Gasteiger partial charge in [0.25, 0.3) is 5.91 Å². The van der Waals surface area contributed by atoms with Gasteiger partial charge in [0, 0.05) is 11.3 Å². The monoisotopic (exact) mass is 283 g/mol. The lowest BCUT2D eigenvalue weighted by atomic mass is 10.1. The van der Waals surface area contributed by atoms with Gasteiger partial charge in [-0.1, -0.05) is 24.6 Å². The number of rotatable bonds is 5. The number of anilines is 1. The summed E-state index contributed by atoms with van der Waals surface area (Å²) >= 11 is 0. The van der Waals surface area contributed by atoms with Crippen LogP contribution in [0.4, 0.5) is 5.69 Å². The van der Waals surface area contributed by atoms with Crippen LogP contribution in [0.25, 0.3) is 0 Å². The first kappa shape index (κ1) is 15.1. The van der Waals surface area contributed by atoms with E-state index in [2.05, 4.69) is 18.3 Å². The molecule has 1 amide bonds. The molecule has 3 heteroatoms. The fourth-order valence-corrected chi connectivity index (χ4v) is 2.07. The number of amides is 1. The van der Waals surface area contributed by atoms with E-state index in [1.54, 1.807) is 12.1 Å². The number of aryl methyl sites for hydroxylation is 2. The van der Waals surface area contributed by atoms with Crippen LogP contribution in [0.5, 0.6) is 5.75 Å². The molecule has 0 aromatic heterocycles. The largest absolute Gasteiger partial charge is 0.494 e. The second kappa shape index (κ2) is 6.93. The maximum atomic E-state index is 12.2. The van der Waals surface area contributed by atoms with Gasteiger partial charge in [0.05, 0.1) is 6.61 Å². The molecule has 2 aromatic rings. The molecule has 2 aromatic carbocycles. The minimum Gasteiger partial charge on any atom is -0.494 e. The third kappa shape index (κ3) is 4.09. The van der Waals surface area contributed by atoms with Crippen molar-refractivity contribution in [1.82, 2.24) is 0 Å². The van der Waals surface area contributed by atoms with Crippen molar-refractivity contribution in [3.05, 3.63) is 59.2 Å². The number of hydrogen-bond acceptors (Lipinski definition) is 2. The molecule has 1 N–H and O–H groups in total. The molecule has 0 aliphatic heterocycles. The van der Waals surface area contributed by atoms with Crippen molar-refractivity contribution in [2.75, 3.05) is 11.9 Å². The molecule has 0 bridgehead atoms. The van der Waals surface area contributed by atoms with Gasteiger partial charge in [0.1, 0.15) is 5.75 Å². The lowest BCUT2D eigenvalue weighted by Gasteiger charge is -2.10. The fourth-order valence-electron chi connectivity index (χ4n) is 2.07. The second-order valence-corrected chi connectivity index (χ2v) is 5.15. The minimum absolute atomic E-state index is 0.107. The molecule has 0 heterocycles. The van der Waals surface area contributed by atoms with Crippen molar-refractivity contribution >= 4 is 11.6 Å². The summed E-state index contributed by atoms with van der Waals surface area (Å²) in [7, 11) is 0. The first-order valence-electron chi connectivity index (χ1n) is 7.21. The average Bonchev–Trinajstić information content (AvgIpc) is 2.48. The third-order valence-corrected chi connectivity index (χ3v) is 3.22. The predicted octanol–water partition coefficient (Wildman–Crippen LogP) is 4.34. The Morgan fingerprint density at radius 2 is 1.81 bits per heavy atom. The minimum atomic E-state index is -0.107. The molecule has 0 unspecified atom stereocenters. The van der Waals surface area contributed by atoms with Gasteiger partial charge in [0.2, 0.25) is 0 Å². The average molecular weight is 283 g/mol. The molecule has 2 rings (SSSR count). The number of benzene rings is 2. The summed E-state index contributed by atoms with van der Waals surface area (Å²) < 4.78 is 5.51. The summed E-state index contributed by atoms with van der Waals surface area (Å²) in [6, 6.07) is 13.2. The Labute approximate surface area is 126 Å². The van der Waals surface area contributed by atoms with Crippen LogP contribution in [-0.2, 0) is 0 Å². The van der Waals surface area contributed by atoms with Crippen LogP contribution in [0.3, 0.4) is 0 Å². The molecule has 0 radical (unpaired) electrons. The van der Waals surface area contributed by atoms with Crippen molar-refractivity contribution in [1.29, 1.82) is 0 Å². The number of nitrogens with one attached hydrogen (secondary N) is 1. The number of carbonyl (C=O) groups is 1. The van der Waals surface area contributed by atoms with Gasteiger partial charge in [-0.15, -0.1) is 0 Å². The molecule has 0 spiro atoms. The molecule has 0 saturated carbocycles. The highest BCUT2D eigenvalue weighted by Crippen LogP contribution is 2.18. The highest BCUT2D eigenvalue weighted by Gasteiger charge is 2.08. The van der Waals surface area contributed by atoms with E-state index in [9.17, 15) is 4.79 Å². The van der Waals surface area contributed by atoms with E-state index < -0.39 is 0 Å². The quantitative estimate of drug-likeness (QED) is 0.886. The van der Waals surface area contributed by atoms with Crippen LogP contribution in [-0.4, -0.2) is 12.5 Å². The Kier molecular flexibility index (Phi) is 4.99. The summed E-state index contributed by atoms with van der Waals surface area (Å²) in [6.07, 6.45) is 0.967. The molecular weight excluding hydrogens is 262 g/mol. The van der Waals surface area contributed by atoms with E-state index in [-0.39, 0.29) is 5.91 Å².